The highest BCUT2D eigenvalue weighted by atomic mass is 35.5. The zero-order valence-electron chi connectivity index (χ0n) is 14.9. The van der Waals surface area contributed by atoms with Crippen molar-refractivity contribution in [2.45, 2.75) is 30.6 Å². The summed E-state index contributed by atoms with van der Waals surface area (Å²) < 4.78 is 27.6. The topological polar surface area (TPSA) is 104 Å². The van der Waals surface area contributed by atoms with Crippen LogP contribution >= 0.6 is 11.6 Å². The first-order chi connectivity index (χ1) is 13.3. The SMILES string of the molecule is O=C(NNC(=O)C1CCCC1)c1cccc(S(=O)(=O)Nc2cccc(Cl)c2)c1. The molecule has 0 unspecified atom stereocenters. The summed E-state index contributed by atoms with van der Waals surface area (Å²) in [5.74, 6) is -0.905. The van der Waals surface area contributed by atoms with Crippen LogP contribution in [0.4, 0.5) is 5.69 Å². The van der Waals surface area contributed by atoms with Crippen LogP contribution in [0.2, 0.25) is 5.02 Å². The fourth-order valence-electron chi connectivity index (χ4n) is 3.05. The Morgan fingerprint density at radius 2 is 1.68 bits per heavy atom. The highest BCUT2D eigenvalue weighted by Gasteiger charge is 2.23. The number of rotatable bonds is 5. The van der Waals surface area contributed by atoms with Crippen molar-refractivity contribution in [3.05, 3.63) is 59.1 Å². The van der Waals surface area contributed by atoms with E-state index in [-0.39, 0.29) is 22.3 Å². The number of hydrogen-bond acceptors (Lipinski definition) is 4. The molecule has 0 radical (unpaired) electrons. The van der Waals surface area contributed by atoms with E-state index in [9.17, 15) is 18.0 Å². The van der Waals surface area contributed by atoms with Gasteiger partial charge in [-0.25, -0.2) is 8.42 Å². The standard InChI is InChI=1S/C19H20ClN3O4S/c20-15-8-4-9-16(12-15)23-28(26,27)17-10-3-7-14(11-17)19(25)22-21-18(24)13-5-1-2-6-13/h3-4,7-13,23H,1-2,5-6H2,(H,21,24)(H,22,25). The average Bonchev–Trinajstić information content (AvgIpc) is 3.20. The largest absolute Gasteiger partial charge is 0.280 e. The van der Waals surface area contributed by atoms with Crippen molar-refractivity contribution in [2.75, 3.05) is 4.72 Å². The van der Waals surface area contributed by atoms with Crippen LogP contribution in [-0.2, 0) is 14.8 Å². The fourth-order valence-corrected chi connectivity index (χ4v) is 4.34. The van der Waals surface area contributed by atoms with Crippen LogP contribution < -0.4 is 15.6 Å². The van der Waals surface area contributed by atoms with Gasteiger partial charge in [-0.15, -0.1) is 0 Å². The van der Waals surface area contributed by atoms with E-state index in [1.165, 1.54) is 30.3 Å². The second kappa shape index (κ2) is 8.62. The van der Waals surface area contributed by atoms with Gasteiger partial charge in [-0.1, -0.05) is 36.6 Å². The Balaban J connectivity index is 1.68. The molecule has 28 heavy (non-hydrogen) atoms. The van der Waals surface area contributed by atoms with Gasteiger partial charge in [0, 0.05) is 16.5 Å². The van der Waals surface area contributed by atoms with Crippen molar-refractivity contribution in [1.29, 1.82) is 0 Å². The number of nitrogens with one attached hydrogen (secondary N) is 3. The van der Waals surface area contributed by atoms with E-state index in [1.807, 2.05) is 0 Å². The Morgan fingerprint density at radius 3 is 2.39 bits per heavy atom. The smallest absolute Gasteiger partial charge is 0.269 e. The summed E-state index contributed by atoms with van der Waals surface area (Å²) in [6, 6.07) is 11.8. The van der Waals surface area contributed by atoms with Crippen molar-refractivity contribution in [1.82, 2.24) is 10.9 Å². The van der Waals surface area contributed by atoms with Gasteiger partial charge in [-0.2, -0.15) is 0 Å². The Morgan fingerprint density at radius 1 is 0.964 bits per heavy atom. The summed E-state index contributed by atoms with van der Waals surface area (Å²) in [6.45, 7) is 0. The van der Waals surface area contributed by atoms with E-state index in [2.05, 4.69) is 15.6 Å². The molecule has 0 heterocycles. The number of anilines is 1. The van der Waals surface area contributed by atoms with E-state index < -0.39 is 15.9 Å². The van der Waals surface area contributed by atoms with E-state index in [0.717, 1.165) is 25.7 Å². The molecule has 0 bridgehead atoms. The van der Waals surface area contributed by atoms with Crippen molar-refractivity contribution < 1.29 is 18.0 Å². The molecular formula is C19H20ClN3O4S. The predicted molar refractivity (Wildman–Crippen MR) is 106 cm³/mol. The first kappa shape index (κ1) is 20.2. The average molecular weight is 422 g/mol. The number of carbonyl (C=O) groups excluding carboxylic acids is 2. The maximum Gasteiger partial charge on any atom is 0.269 e. The van der Waals surface area contributed by atoms with Gasteiger partial charge in [-0.3, -0.25) is 25.2 Å². The second-order valence-electron chi connectivity index (χ2n) is 6.57. The number of hydrazine groups is 1. The van der Waals surface area contributed by atoms with Crippen LogP contribution in [0, 0.1) is 5.92 Å². The predicted octanol–water partition coefficient (Wildman–Crippen LogP) is 3.09. The van der Waals surface area contributed by atoms with Gasteiger partial charge >= 0.3 is 0 Å². The van der Waals surface area contributed by atoms with E-state index in [1.54, 1.807) is 18.2 Å². The maximum absolute atomic E-state index is 12.6. The van der Waals surface area contributed by atoms with Crippen LogP contribution in [-0.4, -0.2) is 20.2 Å². The van der Waals surface area contributed by atoms with Crippen molar-refractivity contribution in [2.24, 2.45) is 5.92 Å². The molecule has 0 atom stereocenters. The number of carbonyl (C=O) groups is 2. The summed E-state index contributed by atoms with van der Waals surface area (Å²) in [7, 11) is -3.91. The molecule has 1 aliphatic carbocycles. The fraction of sp³-hybridized carbons (Fsp3) is 0.263. The minimum Gasteiger partial charge on any atom is -0.280 e. The lowest BCUT2D eigenvalue weighted by molar-refractivity contribution is -0.125. The first-order valence-corrected chi connectivity index (χ1v) is 10.7. The van der Waals surface area contributed by atoms with E-state index >= 15 is 0 Å². The summed E-state index contributed by atoms with van der Waals surface area (Å²) in [5.41, 5.74) is 5.17. The van der Waals surface area contributed by atoms with Crippen LogP contribution in [0.1, 0.15) is 36.0 Å². The normalized spacial score (nSPS) is 14.5. The molecule has 2 amide bonds. The van der Waals surface area contributed by atoms with Gasteiger partial charge in [0.2, 0.25) is 5.91 Å². The summed E-state index contributed by atoms with van der Waals surface area (Å²) in [4.78, 5) is 24.2. The lowest BCUT2D eigenvalue weighted by Crippen LogP contribution is -2.44. The molecule has 148 valence electrons. The number of amides is 2. The molecule has 0 aliphatic heterocycles. The third-order valence-corrected chi connectivity index (χ3v) is 6.12. The monoisotopic (exact) mass is 421 g/mol. The molecule has 0 saturated heterocycles. The van der Waals surface area contributed by atoms with Gasteiger partial charge in [0.15, 0.2) is 0 Å². The van der Waals surface area contributed by atoms with Gasteiger partial charge in [0.25, 0.3) is 15.9 Å². The lowest BCUT2D eigenvalue weighted by atomic mass is 10.1. The number of hydrogen-bond donors (Lipinski definition) is 3. The molecular weight excluding hydrogens is 402 g/mol. The molecule has 2 aromatic rings. The zero-order valence-corrected chi connectivity index (χ0v) is 16.5. The molecule has 9 heteroatoms. The Kier molecular flexibility index (Phi) is 6.21. The second-order valence-corrected chi connectivity index (χ2v) is 8.69. The number of halogens is 1. The van der Waals surface area contributed by atoms with Crippen LogP contribution in [0.15, 0.2) is 53.4 Å². The van der Waals surface area contributed by atoms with Gasteiger partial charge in [0.05, 0.1) is 10.6 Å². The molecule has 0 spiro atoms. The summed E-state index contributed by atoms with van der Waals surface area (Å²) in [6.07, 6.45) is 3.63. The van der Waals surface area contributed by atoms with Gasteiger partial charge in [0.1, 0.15) is 0 Å². The molecule has 1 saturated carbocycles. The van der Waals surface area contributed by atoms with Crippen molar-refractivity contribution in [3.8, 4) is 0 Å². The Hall–Kier alpha value is -2.58. The van der Waals surface area contributed by atoms with Crippen LogP contribution in [0.5, 0.6) is 0 Å². The van der Waals surface area contributed by atoms with Gasteiger partial charge < -0.3 is 0 Å². The molecule has 0 aromatic heterocycles. The van der Waals surface area contributed by atoms with E-state index in [4.69, 9.17) is 11.6 Å². The molecule has 1 fully saturated rings. The highest BCUT2D eigenvalue weighted by Crippen LogP contribution is 2.24. The molecule has 3 N–H and O–H groups in total. The number of sulfonamides is 1. The third kappa shape index (κ3) is 5.02. The zero-order chi connectivity index (χ0) is 20.1. The van der Waals surface area contributed by atoms with Crippen molar-refractivity contribution in [3.63, 3.8) is 0 Å². The summed E-state index contributed by atoms with van der Waals surface area (Å²) >= 11 is 5.87. The third-order valence-electron chi connectivity index (χ3n) is 4.51. The molecule has 3 rings (SSSR count). The summed E-state index contributed by atoms with van der Waals surface area (Å²) in [5, 5.41) is 0.395. The van der Waals surface area contributed by atoms with Gasteiger partial charge in [-0.05, 0) is 49.2 Å². The minimum atomic E-state index is -3.91. The minimum absolute atomic E-state index is 0.0813. The Labute approximate surface area is 168 Å². The Bertz CT molecular complexity index is 988. The van der Waals surface area contributed by atoms with Crippen LogP contribution in [0.25, 0.3) is 0 Å². The highest BCUT2D eigenvalue weighted by molar-refractivity contribution is 7.92. The lowest BCUT2D eigenvalue weighted by Gasteiger charge is -2.12. The van der Waals surface area contributed by atoms with E-state index in [0.29, 0.717) is 10.7 Å². The maximum atomic E-state index is 12.6. The van der Waals surface area contributed by atoms with Crippen molar-refractivity contribution >= 4 is 39.1 Å². The molecule has 2 aromatic carbocycles. The number of benzene rings is 2. The van der Waals surface area contributed by atoms with Crippen LogP contribution in [0.3, 0.4) is 0 Å². The quantitative estimate of drug-likeness (QED) is 0.645. The molecule has 7 nitrogen and oxygen atoms in total. The first-order valence-electron chi connectivity index (χ1n) is 8.84. The molecule has 1 aliphatic rings.